The van der Waals surface area contributed by atoms with Gasteiger partial charge in [-0.2, -0.15) is 0 Å². The summed E-state index contributed by atoms with van der Waals surface area (Å²) in [4.78, 5) is 10.2. The average Bonchev–Trinajstić information content (AvgIpc) is 2.08. The Morgan fingerprint density at radius 3 is 2.36 bits per heavy atom. The number of hydrogen-bond donors (Lipinski definition) is 1. The average molecular weight is 280 g/mol. The highest BCUT2D eigenvalue weighted by molar-refractivity contribution is 9.10. The Hall–Kier alpha value is -0.540. The molecule has 0 spiro atoms. The minimum Gasteiger partial charge on any atom is -0.481 e. The fourth-order valence-corrected chi connectivity index (χ4v) is 1.36. The van der Waals surface area contributed by atoms with Gasteiger partial charge >= 0.3 is 5.97 Å². The molecule has 0 radical (unpaired) electrons. The van der Waals surface area contributed by atoms with Crippen LogP contribution in [0.4, 0.5) is 0 Å². The summed E-state index contributed by atoms with van der Waals surface area (Å²) in [5.74, 6) is -0.725. The summed E-state index contributed by atoms with van der Waals surface area (Å²) in [6.07, 6.45) is 1.78. The zero-order valence-electron chi connectivity index (χ0n) is 7.57. The van der Waals surface area contributed by atoms with Gasteiger partial charge in [0, 0.05) is 10.9 Å². The van der Waals surface area contributed by atoms with E-state index in [1.165, 1.54) is 5.56 Å². The van der Waals surface area contributed by atoms with E-state index in [-0.39, 0.29) is 18.8 Å². The smallest absolute Gasteiger partial charge is 0.303 e. The molecule has 0 amide bonds. The summed E-state index contributed by atoms with van der Waals surface area (Å²) < 4.78 is 1.05. The third-order valence-corrected chi connectivity index (χ3v) is 2.30. The van der Waals surface area contributed by atoms with Crippen LogP contribution in [-0.4, -0.2) is 11.1 Å². The molecular weight excluding hydrogens is 267 g/mol. The molecule has 4 heteroatoms. The topological polar surface area (TPSA) is 37.3 Å². The minimum absolute atomic E-state index is 0. The summed E-state index contributed by atoms with van der Waals surface area (Å²) in [6, 6.07) is 7.95. The molecule has 0 saturated carbocycles. The van der Waals surface area contributed by atoms with Crippen LogP contribution >= 0.6 is 28.3 Å². The number of aliphatic carboxylic acids is 1. The fraction of sp³-hybridized carbons (Fsp3) is 0.300. The lowest BCUT2D eigenvalue weighted by molar-refractivity contribution is -0.137. The van der Waals surface area contributed by atoms with Crippen molar-refractivity contribution in [2.75, 3.05) is 0 Å². The van der Waals surface area contributed by atoms with E-state index in [0.717, 1.165) is 10.9 Å². The van der Waals surface area contributed by atoms with Crippen molar-refractivity contribution >= 4 is 34.3 Å². The third-order valence-electron chi connectivity index (χ3n) is 1.77. The first kappa shape index (κ1) is 13.5. The van der Waals surface area contributed by atoms with Gasteiger partial charge in [-0.1, -0.05) is 28.1 Å². The van der Waals surface area contributed by atoms with Crippen LogP contribution in [0.5, 0.6) is 0 Å². The van der Waals surface area contributed by atoms with Crippen molar-refractivity contribution in [3.05, 3.63) is 34.3 Å². The summed E-state index contributed by atoms with van der Waals surface area (Å²) in [7, 11) is 0. The molecule has 1 aromatic rings. The van der Waals surface area contributed by atoms with Crippen molar-refractivity contribution in [1.29, 1.82) is 0 Å². The first-order chi connectivity index (χ1) is 6.18. The Labute approximate surface area is 97.9 Å². The summed E-state index contributed by atoms with van der Waals surface area (Å²) in [6.45, 7) is 0. The molecule has 78 valence electrons. The van der Waals surface area contributed by atoms with Gasteiger partial charge in [-0.25, -0.2) is 0 Å². The number of halogens is 2. The zero-order chi connectivity index (χ0) is 9.68. The molecule has 0 aliphatic heterocycles. The van der Waals surface area contributed by atoms with Gasteiger partial charge in [-0.15, -0.1) is 12.4 Å². The number of carboxylic acids is 1. The highest BCUT2D eigenvalue weighted by Crippen LogP contribution is 2.12. The lowest BCUT2D eigenvalue weighted by Crippen LogP contribution is -1.95. The van der Waals surface area contributed by atoms with Gasteiger partial charge in [-0.3, -0.25) is 4.79 Å². The molecule has 0 aliphatic carbocycles. The second-order valence-corrected chi connectivity index (χ2v) is 3.79. The molecule has 0 bridgehead atoms. The molecule has 0 heterocycles. The predicted molar refractivity (Wildman–Crippen MR) is 62.0 cm³/mol. The van der Waals surface area contributed by atoms with Gasteiger partial charge in [0.2, 0.25) is 0 Å². The van der Waals surface area contributed by atoms with E-state index in [1.807, 2.05) is 24.3 Å². The van der Waals surface area contributed by atoms with E-state index in [0.29, 0.717) is 6.42 Å². The maximum atomic E-state index is 10.2. The van der Waals surface area contributed by atoms with Crippen LogP contribution in [0.1, 0.15) is 18.4 Å². The van der Waals surface area contributed by atoms with E-state index >= 15 is 0 Å². The Bertz CT molecular complexity index is 285. The van der Waals surface area contributed by atoms with E-state index in [9.17, 15) is 4.79 Å². The molecule has 1 aromatic carbocycles. The standard InChI is InChI=1S/C10H11BrO2.ClH/c11-9-6-4-8(5-7-9)2-1-3-10(12)13;/h4-7H,1-3H2,(H,12,13);1H. The number of aryl methyl sites for hydroxylation is 1. The second kappa shape index (κ2) is 6.85. The van der Waals surface area contributed by atoms with E-state index in [1.54, 1.807) is 0 Å². The van der Waals surface area contributed by atoms with Crippen molar-refractivity contribution in [3.63, 3.8) is 0 Å². The number of carbonyl (C=O) groups is 1. The van der Waals surface area contributed by atoms with Gasteiger partial charge in [0.15, 0.2) is 0 Å². The van der Waals surface area contributed by atoms with Gasteiger partial charge < -0.3 is 5.11 Å². The molecule has 2 nitrogen and oxygen atoms in total. The lowest BCUT2D eigenvalue weighted by atomic mass is 10.1. The first-order valence-corrected chi connectivity index (χ1v) is 4.94. The second-order valence-electron chi connectivity index (χ2n) is 2.87. The zero-order valence-corrected chi connectivity index (χ0v) is 9.97. The van der Waals surface area contributed by atoms with Crippen LogP contribution in [0, 0.1) is 0 Å². The van der Waals surface area contributed by atoms with E-state index in [2.05, 4.69) is 15.9 Å². The Morgan fingerprint density at radius 1 is 1.29 bits per heavy atom. The Kier molecular flexibility index (Phi) is 6.58. The van der Waals surface area contributed by atoms with E-state index in [4.69, 9.17) is 5.11 Å². The molecule has 1 N–H and O–H groups in total. The van der Waals surface area contributed by atoms with Crippen LogP contribution in [0.15, 0.2) is 28.7 Å². The molecule has 0 unspecified atom stereocenters. The van der Waals surface area contributed by atoms with Crippen molar-refractivity contribution in [2.45, 2.75) is 19.3 Å². The Balaban J connectivity index is 0.00000169. The van der Waals surface area contributed by atoms with Gasteiger partial charge in [-0.05, 0) is 30.5 Å². The van der Waals surface area contributed by atoms with Crippen LogP contribution in [0.2, 0.25) is 0 Å². The Morgan fingerprint density at radius 2 is 1.86 bits per heavy atom. The van der Waals surface area contributed by atoms with Crippen LogP contribution < -0.4 is 0 Å². The van der Waals surface area contributed by atoms with E-state index < -0.39 is 5.97 Å². The number of carboxylic acid groups (broad SMARTS) is 1. The molecule has 0 atom stereocenters. The number of benzene rings is 1. The molecule has 0 saturated heterocycles. The first-order valence-electron chi connectivity index (χ1n) is 4.15. The molecule has 1 rings (SSSR count). The van der Waals surface area contributed by atoms with Gasteiger partial charge in [0.05, 0.1) is 0 Å². The largest absolute Gasteiger partial charge is 0.481 e. The van der Waals surface area contributed by atoms with Crippen LogP contribution in [0.25, 0.3) is 0 Å². The SMILES string of the molecule is Cl.O=C(O)CCCc1ccc(Br)cc1. The number of hydrogen-bond acceptors (Lipinski definition) is 1. The molecule has 0 aliphatic rings. The van der Waals surface area contributed by atoms with Crippen LogP contribution in [0.3, 0.4) is 0 Å². The molecular formula is C10H12BrClO2. The van der Waals surface area contributed by atoms with Crippen molar-refractivity contribution in [3.8, 4) is 0 Å². The molecule has 14 heavy (non-hydrogen) atoms. The minimum atomic E-state index is -0.725. The summed E-state index contributed by atoms with van der Waals surface area (Å²) in [5, 5.41) is 8.43. The highest BCUT2D eigenvalue weighted by atomic mass is 79.9. The highest BCUT2D eigenvalue weighted by Gasteiger charge is 1.97. The normalized spacial score (nSPS) is 9.21. The quantitative estimate of drug-likeness (QED) is 0.918. The van der Waals surface area contributed by atoms with Gasteiger partial charge in [0.1, 0.15) is 0 Å². The lowest BCUT2D eigenvalue weighted by Gasteiger charge is -1.99. The summed E-state index contributed by atoms with van der Waals surface area (Å²) >= 11 is 3.34. The summed E-state index contributed by atoms with van der Waals surface area (Å²) in [5.41, 5.74) is 1.18. The van der Waals surface area contributed by atoms with Crippen LogP contribution in [-0.2, 0) is 11.2 Å². The van der Waals surface area contributed by atoms with Crippen molar-refractivity contribution in [1.82, 2.24) is 0 Å². The fourth-order valence-electron chi connectivity index (χ4n) is 1.09. The van der Waals surface area contributed by atoms with Crippen molar-refractivity contribution < 1.29 is 9.90 Å². The maximum Gasteiger partial charge on any atom is 0.303 e. The van der Waals surface area contributed by atoms with Gasteiger partial charge in [0.25, 0.3) is 0 Å². The number of rotatable bonds is 4. The third kappa shape index (κ3) is 5.25. The maximum absolute atomic E-state index is 10.2. The predicted octanol–water partition coefficient (Wildman–Crippen LogP) is 3.28. The van der Waals surface area contributed by atoms with Crippen molar-refractivity contribution in [2.24, 2.45) is 0 Å². The molecule has 0 aromatic heterocycles. The molecule has 0 fully saturated rings. The monoisotopic (exact) mass is 278 g/mol.